The van der Waals surface area contributed by atoms with Crippen molar-refractivity contribution in [2.75, 3.05) is 19.8 Å². The highest BCUT2D eigenvalue weighted by Gasteiger charge is 2.35. The lowest BCUT2D eigenvalue weighted by molar-refractivity contribution is 0.0486. The monoisotopic (exact) mass is 441 g/mol. The molecule has 5 nitrogen and oxygen atoms in total. The minimum absolute atomic E-state index is 0.175. The van der Waals surface area contributed by atoms with Crippen LogP contribution in [0.3, 0.4) is 0 Å². The number of aromatic nitrogens is 2. The summed E-state index contributed by atoms with van der Waals surface area (Å²) in [5, 5.41) is 3.93. The van der Waals surface area contributed by atoms with Gasteiger partial charge in [0.15, 0.2) is 0 Å². The number of fused-ring (bicyclic) bond motifs is 1. The number of carbonyl (C=O) groups excluding carboxylic acids is 1. The second-order valence-corrected chi connectivity index (χ2v) is 8.39. The van der Waals surface area contributed by atoms with Crippen molar-refractivity contribution in [3.05, 3.63) is 96.1 Å². The van der Waals surface area contributed by atoms with Crippen LogP contribution in [0.1, 0.15) is 28.8 Å². The number of nitrogens with zero attached hydrogens (tertiary/aromatic N) is 2. The van der Waals surface area contributed by atoms with E-state index >= 15 is 0 Å². The van der Waals surface area contributed by atoms with Gasteiger partial charge in [0.2, 0.25) is 0 Å². The van der Waals surface area contributed by atoms with Crippen LogP contribution in [0.4, 0.5) is 4.39 Å². The number of hydrogen-bond acceptors (Lipinski definition) is 4. The summed E-state index contributed by atoms with van der Waals surface area (Å²) >= 11 is 0. The number of nitrogens with one attached hydrogen (secondary N) is 1. The van der Waals surface area contributed by atoms with E-state index in [1.54, 1.807) is 24.5 Å². The van der Waals surface area contributed by atoms with Crippen molar-refractivity contribution >= 4 is 16.8 Å². The van der Waals surface area contributed by atoms with Crippen LogP contribution in [0.2, 0.25) is 0 Å². The summed E-state index contributed by atoms with van der Waals surface area (Å²) in [4.78, 5) is 22.3. The highest BCUT2D eigenvalue weighted by molar-refractivity contribution is 6.07. The molecule has 0 saturated carbocycles. The van der Waals surface area contributed by atoms with Gasteiger partial charge in [0.25, 0.3) is 5.91 Å². The summed E-state index contributed by atoms with van der Waals surface area (Å²) in [6.45, 7) is 1.56. The molecule has 0 spiro atoms. The Balaban J connectivity index is 1.48. The van der Waals surface area contributed by atoms with Crippen LogP contribution in [-0.4, -0.2) is 35.6 Å². The molecule has 1 amide bonds. The van der Waals surface area contributed by atoms with E-state index in [0.29, 0.717) is 31.0 Å². The van der Waals surface area contributed by atoms with Crippen LogP contribution in [0.25, 0.3) is 22.2 Å². The van der Waals surface area contributed by atoms with Gasteiger partial charge in [-0.25, -0.2) is 9.37 Å². The fourth-order valence-electron chi connectivity index (χ4n) is 4.53. The number of rotatable bonds is 5. The van der Waals surface area contributed by atoms with E-state index in [1.807, 2.05) is 48.5 Å². The molecule has 2 aromatic heterocycles. The zero-order valence-corrected chi connectivity index (χ0v) is 18.1. The Bertz CT molecular complexity index is 1290. The second kappa shape index (κ2) is 9.08. The van der Waals surface area contributed by atoms with Crippen LogP contribution in [0, 0.1) is 5.82 Å². The van der Waals surface area contributed by atoms with Crippen molar-refractivity contribution in [2.45, 2.75) is 18.3 Å². The van der Waals surface area contributed by atoms with Crippen molar-refractivity contribution in [3.8, 4) is 11.3 Å². The molecule has 3 heterocycles. The number of hydrogen-bond donors (Lipinski definition) is 1. The molecule has 0 bridgehead atoms. The van der Waals surface area contributed by atoms with Crippen molar-refractivity contribution in [1.29, 1.82) is 0 Å². The van der Waals surface area contributed by atoms with Gasteiger partial charge in [-0.15, -0.1) is 0 Å². The summed E-state index contributed by atoms with van der Waals surface area (Å²) in [7, 11) is 0. The number of para-hydroxylation sites is 1. The number of benzene rings is 2. The largest absolute Gasteiger partial charge is 0.381 e. The quantitative estimate of drug-likeness (QED) is 0.478. The maximum absolute atomic E-state index is 14.0. The molecule has 2 aromatic carbocycles. The number of carbonyl (C=O) groups is 1. The second-order valence-electron chi connectivity index (χ2n) is 8.39. The van der Waals surface area contributed by atoms with E-state index in [-0.39, 0.29) is 17.1 Å². The van der Waals surface area contributed by atoms with E-state index in [9.17, 15) is 9.18 Å². The summed E-state index contributed by atoms with van der Waals surface area (Å²) in [6.07, 6.45) is 4.85. The summed E-state index contributed by atoms with van der Waals surface area (Å²) < 4.78 is 19.6. The van der Waals surface area contributed by atoms with E-state index in [1.165, 1.54) is 6.07 Å². The molecule has 1 aliphatic rings. The Kier molecular flexibility index (Phi) is 5.84. The lowest BCUT2D eigenvalue weighted by Crippen LogP contribution is -2.44. The third-order valence-corrected chi connectivity index (χ3v) is 6.41. The first-order chi connectivity index (χ1) is 16.1. The lowest BCUT2D eigenvalue weighted by Gasteiger charge is -2.38. The highest BCUT2D eigenvalue weighted by atomic mass is 19.1. The van der Waals surface area contributed by atoms with E-state index in [4.69, 9.17) is 9.72 Å². The molecule has 5 rings (SSSR count). The molecule has 1 aliphatic heterocycles. The predicted molar refractivity (Wildman–Crippen MR) is 125 cm³/mol. The van der Waals surface area contributed by atoms with Crippen molar-refractivity contribution < 1.29 is 13.9 Å². The molecule has 1 saturated heterocycles. The Morgan fingerprint density at radius 1 is 1.00 bits per heavy atom. The number of ether oxygens (including phenoxy) is 1. The topological polar surface area (TPSA) is 64.1 Å². The summed E-state index contributed by atoms with van der Waals surface area (Å²) in [5.41, 5.74) is 3.45. The molecule has 0 unspecified atom stereocenters. The van der Waals surface area contributed by atoms with Gasteiger partial charge in [0.1, 0.15) is 5.82 Å². The number of halogens is 1. The fraction of sp³-hybridized carbons (Fsp3) is 0.222. The molecule has 0 aliphatic carbocycles. The lowest BCUT2D eigenvalue weighted by atomic mass is 9.74. The first-order valence-electron chi connectivity index (χ1n) is 11.1. The normalized spacial score (nSPS) is 15.3. The predicted octanol–water partition coefficient (Wildman–Crippen LogP) is 4.91. The minimum Gasteiger partial charge on any atom is -0.381 e. The number of amides is 1. The van der Waals surface area contributed by atoms with Crippen LogP contribution in [-0.2, 0) is 10.2 Å². The maximum atomic E-state index is 14.0. The molecule has 1 N–H and O–H groups in total. The van der Waals surface area contributed by atoms with E-state index < -0.39 is 0 Å². The fourth-order valence-corrected chi connectivity index (χ4v) is 4.53. The summed E-state index contributed by atoms with van der Waals surface area (Å²) in [6, 6.07) is 19.9. The van der Waals surface area contributed by atoms with Crippen LogP contribution in [0.5, 0.6) is 0 Å². The zero-order valence-electron chi connectivity index (χ0n) is 18.1. The van der Waals surface area contributed by atoms with Gasteiger partial charge in [-0.05, 0) is 54.8 Å². The molecule has 0 radical (unpaired) electrons. The minimum atomic E-state index is -0.368. The number of pyridine rings is 2. The van der Waals surface area contributed by atoms with Crippen LogP contribution < -0.4 is 5.32 Å². The van der Waals surface area contributed by atoms with Gasteiger partial charge in [-0.2, -0.15) is 0 Å². The molecular weight excluding hydrogens is 417 g/mol. The molecule has 1 fully saturated rings. The Morgan fingerprint density at radius 2 is 1.79 bits per heavy atom. The Labute approximate surface area is 191 Å². The summed E-state index contributed by atoms with van der Waals surface area (Å²) in [5.74, 6) is -0.446. The van der Waals surface area contributed by atoms with Crippen molar-refractivity contribution in [3.63, 3.8) is 0 Å². The molecule has 0 atom stereocenters. The Morgan fingerprint density at radius 3 is 2.58 bits per heavy atom. The van der Waals surface area contributed by atoms with Gasteiger partial charge < -0.3 is 10.1 Å². The van der Waals surface area contributed by atoms with Gasteiger partial charge in [-0.1, -0.05) is 30.3 Å². The maximum Gasteiger partial charge on any atom is 0.252 e. The third-order valence-electron chi connectivity index (χ3n) is 6.41. The zero-order chi connectivity index (χ0) is 22.7. The van der Waals surface area contributed by atoms with Gasteiger partial charge in [-0.3, -0.25) is 9.78 Å². The van der Waals surface area contributed by atoms with Gasteiger partial charge in [0, 0.05) is 48.5 Å². The average Bonchev–Trinajstić information content (AvgIpc) is 2.87. The third kappa shape index (κ3) is 4.34. The van der Waals surface area contributed by atoms with E-state index in [0.717, 1.165) is 34.9 Å². The molecular formula is C27H24FN3O2. The van der Waals surface area contributed by atoms with Crippen LogP contribution >= 0.6 is 0 Å². The SMILES string of the molecule is O=C(NCC1(c2cccc(F)c2)CCOCC1)c1cc(-c2ccncc2)nc2ccccc12. The Hall–Kier alpha value is -3.64. The van der Waals surface area contributed by atoms with E-state index in [2.05, 4.69) is 10.3 Å². The average molecular weight is 442 g/mol. The smallest absolute Gasteiger partial charge is 0.252 e. The van der Waals surface area contributed by atoms with Crippen LogP contribution in [0.15, 0.2) is 79.1 Å². The van der Waals surface area contributed by atoms with Gasteiger partial charge >= 0.3 is 0 Å². The first-order valence-corrected chi connectivity index (χ1v) is 11.1. The first kappa shape index (κ1) is 21.2. The standard InChI is InChI=1S/C27H24FN3O2/c28-21-5-3-4-20(16-21)27(10-14-33-15-11-27)18-30-26(32)23-17-25(19-8-12-29-13-9-19)31-24-7-2-1-6-22(23)24/h1-9,12-13,16-17H,10-11,14-15,18H2,(H,30,32). The molecule has 33 heavy (non-hydrogen) atoms. The highest BCUT2D eigenvalue weighted by Crippen LogP contribution is 2.35. The molecule has 6 heteroatoms. The van der Waals surface area contributed by atoms with Crippen molar-refractivity contribution in [2.24, 2.45) is 0 Å². The molecule has 166 valence electrons. The van der Waals surface area contributed by atoms with Crippen molar-refractivity contribution in [1.82, 2.24) is 15.3 Å². The molecule has 4 aromatic rings. The van der Waals surface area contributed by atoms with Gasteiger partial charge in [0.05, 0.1) is 16.8 Å².